The van der Waals surface area contributed by atoms with Crippen LogP contribution in [0.4, 0.5) is 0 Å². The summed E-state index contributed by atoms with van der Waals surface area (Å²) in [7, 11) is 0. The van der Waals surface area contributed by atoms with E-state index in [4.69, 9.17) is 0 Å². The highest BCUT2D eigenvalue weighted by Gasteiger charge is 2.17. The lowest BCUT2D eigenvalue weighted by atomic mass is 9.99. The lowest BCUT2D eigenvalue weighted by molar-refractivity contribution is 0.236. The molecule has 0 unspecified atom stereocenters. The molecule has 2 N–H and O–H groups in total. The Morgan fingerprint density at radius 3 is 2.77 bits per heavy atom. The molecule has 0 radical (unpaired) electrons. The minimum Gasteiger partial charge on any atom is -0.316 e. The van der Waals surface area contributed by atoms with Crippen LogP contribution in [-0.2, 0) is 0 Å². The Morgan fingerprint density at radius 1 is 1.08 bits per heavy atom. The Bertz CT molecular complexity index is 137. The Balaban J connectivity index is 1.61. The first-order valence-electron chi connectivity index (χ1n) is 5.59. The van der Waals surface area contributed by atoms with Crippen LogP contribution in [0.1, 0.15) is 12.8 Å². The molecule has 0 aromatic rings. The molecule has 0 amide bonds. The highest BCUT2D eigenvalue weighted by atomic mass is 15.1. The van der Waals surface area contributed by atoms with Crippen molar-refractivity contribution in [2.45, 2.75) is 12.8 Å². The van der Waals surface area contributed by atoms with Crippen molar-refractivity contribution < 1.29 is 0 Å². The predicted molar refractivity (Wildman–Crippen MR) is 54.9 cm³/mol. The van der Waals surface area contributed by atoms with Gasteiger partial charge in [-0.1, -0.05) is 0 Å². The summed E-state index contributed by atoms with van der Waals surface area (Å²) in [5, 5.41) is 6.77. The molecular formula is C10H21N3. The van der Waals surface area contributed by atoms with Gasteiger partial charge in [0, 0.05) is 13.1 Å². The standard InChI is InChI=1S/C10H21N3/c1-3-11-4-7-13(5-1)6-2-10-8-12-9-10/h10-12H,1-9H2. The number of hydrogen-bond donors (Lipinski definition) is 2. The number of nitrogens with one attached hydrogen (secondary N) is 2. The molecule has 2 fully saturated rings. The monoisotopic (exact) mass is 183 g/mol. The molecule has 2 aliphatic heterocycles. The fraction of sp³-hybridized carbons (Fsp3) is 1.00. The van der Waals surface area contributed by atoms with Crippen LogP contribution in [-0.4, -0.2) is 50.7 Å². The zero-order chi connectivity index (χ0) is 8.93. The van der Waals surface area contributed by atoms with Crippen LogP contribution >= 0.6 is 0 Å². The molecule has 2 heterocycles. The van der Waals surface area contributed by atoms with E-state index in [1.54, 1.807) is 0 Å². The molecule has 0 aromatic carbocycles. The first-order chi connectivity index (χ1) is 6.45. The van der Waals surface area contributed by atoms with Crippen molar-refractivity contribution in [2.24, 2.45) is 5.92 Å². The SMILES string of the molecule is C1CNCCN(CCC2CNC2)C1. The Morgan fingerprint density at radius 2 is 2.00 bits per heavy atom. The van der Waals surface area contributed by atoms with Gasteiger partial charge >= 0.3 is 0 Å². The van der Waals surface area contributed by atoms with Crippen LogP contribution in [0.3, 0.4) is 0 Å². The van der Waals surface area contributed by atoms with Crippen molar-refractivity contribution >= 4 is 0 Å². The van der Waals surface area contributed by atoms with Crippen LogP contribution in [0.5, 0.6) is 0 Å². The molecule has 2 rings (SSSR count). The van der Waals surface area contributed by atoms with E-state index < -0.39 is 0 Å². The molecule has 2 aliphatic rings. The zero-order valence-corrected chi connectivity index (χ0v) is 8.39. The van der Waals surface area contributed by atoms with E-state index in [1.165, 1.54) is 58.7 Å². The Labute approximate surface area is 80.9 Å². The van der Waals surface area contributed by atoms with E-state index >= 15 is 0 Å². The third kappa shape index (κ3) is 2.93. The van der Waals surface area contributed by atoms with Crippen molar-refractivity contribution in [3.05, 3.63) is 0 Å². The molecule has 3 nitrogen and oxygen atoms in total. The molecule has 0 aromatic heterocycles. The molecule has 76 valence electrons. The summed E-state index contributed by atoms with van der Waals surface area (Å²) in [5.74, 6) is 0.969. The van der Waals surface area contributed by atoms with Gasteiger partial charge in [-0.2, -0.15) is 0 Å². The van der Waals surface area contributed by atoms with Gasteiger partial charge in [-0.15, -0.1) is 0 Å². The highest BCUT2D eigenvalue weighted by molar-refractivity contribution is 4.76. The minimum absolute atomic E-state index is 0.969. The highest BCUT2D eigenvalue weighted by Crippen LogP contribution is 2.09. The maximum absolute atomic E-state index is 3.44. The second-order valence-corrected chi connectivity index (χ2v) is 4.26. The second kappa shape index (κ2) is 4.94. The van der Waals surface area contributed by atoms with Gasteiger partial charge in [-0.3, -0.25) is 0 Å². The third-order valence-corrected chi connectivity index (χ3v) is 3.15. The summed E-state index contributed by atoms with van der Waals surface area (Å²) in [4.78, 5) is 2.61. The van der Waals surface area contributed by atoms with Crippen molar-refractivity contribution in [3.8, 4) is 0 Å². The van der Waals surface area contributed by atoms with E-state index in [9.17, 15) is 0 Å². The van der Waals surface area contributed by atoms with Crippen LogP contribution in [0.15, 0.2) is 0 Å². The summed E-state index contributed by atoms with van der Waals surface area (Å²) in [6.45, 7) is 8.77. The fourth-order valence-corrected chi connectivity index (χ4v) is 2.04. The quantitative estimate of drug-likeness (QED) is 0.639. The van der Waals surface area contributed by atoms with Crippen molar-refractivity contribution in [1.82, 2.24) is 15.5 Å². The zero-order valence-electron chi connectivity index (χ0n) is 8.39. The molecule has 0 bridgehead atoms. The Hall–Kier alpha value is -0.120. The van der Waals surface area contributed by atoms with Crippen LogP contribution in [0.2, 0.25) is 0 Å². The lowest BCUT2D eigenvalue weighted by Gasteiger charge is -2.29. The van der Waals surface area contributed by atoms with E-state index in [2.05, 4.69) is 15.5 Å². The maximum Gasteiger partial charge on any atom is 0.0107 e. The van der Waals surface area contributed by atoms with Gasteiger partial charge < -0.3 is 15.5 Å². The largest absolute Gasteiger partial charge is 0.316 e. The summed E-state index contributed by atoms with van der Waals surface area (Å²) in [6.07, 6.45) is 2.72. The second-order valence-electron chi connectivity index (χ2n) is 4.26. The number of rotatable bonds is 3. The molecule has 0 saturated carbocycles. The van der Waals surface area contributed by atoms with Crippen molar-refractivity contribution in [3.63, 3.8) is 0 Å². The summed E-state index contributed by atoms with van der Waals surface area (Å²) in [5.41, 5.74) is 0. The molecule has 2 saturated heterocycles. The van der Waals surface area contributed by atoms with Gasteiger partial charge in [0.05, 0.1) is 0 Å². The average molecular weight is 183 g/mol. The first kappa shape index (κ1) is 9.44. The average Bonchev–Trinajstić information content (AvgIpc) is 2.30. The lowest BCUT2D eigenvalue weighted by Crippen LogP contribution is -2.43. The van der Waals surface area contributed by atoms with E-state index in [0.29, 0.717) is 0 Å². The molecule has 0 spiro atoms. The molecular weight excluding hydrogens is 162 g/mol. The van der Waals surface area contributed by atoms with Crippen LogP contribution in [0.25, 0.3) is 0 Å². The van der Waals surface area contributed by atoms with Gasteiger partial charge in [-0.25, -0.2) is 0 Å². The smallest absolute Gasteiger partial charge is 0.0107 e. The minimum atomic E-state index is 0.969. The van der Waals surface area contributed by atoms with E-state index in [1.807, 2.05) is 0 Å². The van der Waals surface area contributed by atoms with Crippen LogP contribution < -0.4 is 10.6 Å². The normalized spacial score (nSPS) is 26.8. The van der Waals surface area contributed by atoms with Gasteiger partial charge in [0.2, 0.25) is 0 Å². The number of nitrogens with zero attached hydrogens (tertiary/aromatic N) is 1. The summed E-state index contributed by atoms with van der Waals surface area (Å²) < 4.78 is 0. The summed E-state index contributed by atoms with van der Waals surface area (Å²) in [6, 6.07) is 0. The molecule has 13 heavy (non-hydrogen) atoms. The fourth-order valence-electron chi connectivity index (χ4n) is 2.04. The van der Waals surface area contributed by atoms with Crippen molar-refractivity contribution in [2.75, 3.05) is 45.8 Å². The number of hydrogen-bond acceptors (Lipinski definition) is 3. The first-order valence-corrected chi connectivity index (χ1v) is 5.59. The summed E-state index contributed by atoms with van der Waals surface area (Å²) >= 11 is 0. The van der Waals surface area contributed by atoms with E-state index in [-0.39, 0.29) is 0 Å². The molecule has 0 aliphatic carbocycles. The van der Waals surface area contributed by atoms with Gasteiger partial charge in [0.15, 0.2) is 0 Å². The van der Waals surface area contributed by atoms with Gasteiger partial charge in [-0.05, 0) is 51.5 Å². The third-order valence-electron chi connectivity index (χ3n) is 3.15. The maximum atomic E-state index is 3.44. The topological polar surface area (TPSA) is 27.3 Å². The van der Waals surface area contributed by atoms with Crippen LogP contribution in [0, 0.1) is 5.92 Å². The van der Waals surface area contributed by atoms with Gasteiger partial charge in [0.25, 0.3) is 0 Å². The van der Waals surface area contributed by atoms with Crippen molar-refractivity contribution in [1.29, 1.82) is 0 Å². The molecule has 3 heteroatoms. The molecule has 0 atom stereocenters. The Kier molecular flexibility index (Phi) is 3.58. The van der Waals surface area contributed by atoms with E-state index in [0.717, 1.165) is 5.92 Å². The predicted octanol–water partition coefficient (Wildman–Crippen LogP) is -0.109. The van der Waals surface area contributed by atoms with Gasteiger partial charge in [0.1, 0.15) is 0 Å².